The Morgan fingerprint density at radius 3 is 2.31 bits per heavy atom. The summed E-state index contributed by atoms with van der Waals surface area (Å²) >= 11 is 0. The molecule has 2 aromatic rings. The number of hydrogen-bond acceptors (Lipinski definition) is 6. The highest BCUT2D eigenvalue weighted by Gasteiger charge is 2.40. The smallest absolute Gasteiger partial charge is 0.269 e. The number of nitrogens with one attached hydrogen (secondary N) is 1. The molecule has 1 heterocycles. The predicted octanol–water partition coefficient (Wildman–Crippen LogP) is 2.56. The van der Waals surface area contributed by atoms with Gasteiger partial charge in [-0.25, -0.2) is 12.7 Å². The van der Waals surface area contributed by atoms with Gasteiger partial charge in [0.25, 0.3) is 15.9 Å². The number of nitrogens with zero attached hydrogens (tertiary/aromatic N) is 2. The molecular weight excluding hydrogens is 470 g/mol. The van der Waals surface area contributed by atoms with E-state index >= 15 is 0 Å². The van der Waals surface area contributed by atoms with E-state index in [9.17, 15) is 22.8 Å². The molecule has 3 amide bonds. The maximum absolute atomic E-state index is 13.2. The van der Waals surface area contributed by atoms with Crippen LogP contribution in [-0.4, -0.2) is 61.1 Å². The lowest BCUT2D eigenvalue weighted by molar-refractivity contribution is -0.140. The quantitative estimate of drug-likeness (QED) is 0.535. The van der Waals surface area contributed by atoms with Crippen LogP contribution >= 0.6 is 0 Å². The molecule has 0 spiro atoms. The Kier molecular flexibility index (Phi) is 8.16. The van der Waals surface area contributed by atoms with Gasteiger partial charge in [0.2, 0.25) is 11.8 Å². The molecule has 1 atom stereocenters. The molecule has 0 bridgehead atoms. The first kappa shape index (κ1) is 26.2. The zero-order chi connectivity index (χ0) is 25.8. The van der Waals surface area contributed by atoms with Crippen molar-refractivity contribution in [2.24, 2.45) is 0 Å². The Hall–Kier alpha value is -3.40. The van der Waals surface area contributed by atoms with Gasteiger partial charge in [0.1, 0.15) is 16.7 Å². The summed E-state index contributed by atoms with van der Waals surface area (Å²) in [5, 5.41) is 2.82. The molecule has 10 heteroatoms. The minimum absolute atomic E-state index is 0.0172. The number of ether oxygens (including phenoxy) is 1. The molecule has 188 valence electrons. The standard InChI is InChI=1S/C25H31N3O6S/c1-17(2)26-24(30)18(3)27(16-19-11-13-20(34-4)14-12-19)23(29)10-7-15-28-25(31)21-8-5-6-9-22(21)35(28,32)33/h5-6,8-9,11-14,17-18H,7,10,15-16H2,1-4H3,(H,26,30). The van der Waals surface area contributed by atoms with Gasteiger partial charge in [-0.05, 0) is 57.0 Å². The van der Waals surface area contributed by atoms with Crippen molar-refractivity contribution in [3.8, 4) is 5.75 Å². The second-order valence-corrected chi connectivity index (χ2v) is 10.5. The predicted molar refractivity (Wildman–Crippen MR) is 130 cm³/mol. The monoisotopic (exact) mass is 501 g/mol. The zero-order valence-electron chi connectivity index (χ0n) is 20.4. The van der Waals surface area contributed by atoms with E-state index in [0.717, 1.165) is 9.87 Å². The van der Waals surface area contributed by atoms with Crippen LogP contribution in [0.1, 0.15) is 49.5 Å². The van der Waals surface area contributed by atoms with Crippen molar-refractivity contribution in [2.45, 2.75) is 57.1 Å². The zero-order valence-corrected chi connectivity index (χ0v) is 21.2. The number of benzene rings is 2. The van der Waals surface area contributed by atoms with E-state index < -0.39 is 22.0 Å². The molecule has 1 N–H and O–H groups in total. The van der Waals surface area contributed by atoms with Crippen molar-refractivity contribution in [3.63, 3.8) is 0 Å². The highest BCUT2D eigenvalue weighted by molar-refractivity contribution is 7.90. The summed E-state index contributed by atoms with van der Waals surface area (Å²) < 4.78 is 31.5. The van der Waals surface area contributed by atoms with Crippen LogP contribution in [0, 0.1) is 0 Å². The van der Waals surface area contributed by atoms with Crippen LogP contribution in [0.4, 0.5) is 0 Å². The van der Waals surface area contributed by atoms with Crippen LogP contribution in [0.25, 0.3) is 0 Å². The van der Waals surface area contributed by atoms with Gasteiger partial charge in [0, 0.05) is 25.6 Å². The van der Waals surface area contributed by atoms with Crippen LogP contribution < -0.4 is 10.1 Å². The molecule has 0 saturated carbocycles. The summed E-state index contributed by atoms with van der Waals surface area (Å²) in [6.45, 7) is 5.41. The molecule has 0 fully saturated rings. The van der Waals surface area contributed by atoms with E-state index in [1.54, 1.807) is 38.3 Å². The summed E-state index contributed by atoms with van der Waals surface area (Å²) in [7, 11) is -2.37. The first-order chi connectivity index (χ1) is 16.6. The summed E-state index contributed by atoms with van der Waals surface area (Å²) in [5.41, 5.74) is 0.954. The molecule has 3 rings (SSSR count). The van der Waals surface area contributed by atoms with E-state index in [-0.39, 0.29) is 54.2 Å². The molecular formula is C25H31N3O6S. The number of sulfonamides is 1. The Morgan fingerprint density at radius 1 is 1.06 bits per heavy atom. The van der Waals surface area contributed by atoms with Crippen molar-refractivity contribution in [1.82, 2.24) is 14.5 Å². The van der Waals surface area contributed by atoms with Crippen LogP contribution in [0.2, 0.25) is 0 Å². The van der Waals surface area contributed by atoms with Crippen LogP contribution in [0.15, 0.2) is 53.4 Å². The molecule has 0 saturated heterocycles. The second kappa shape index (κ2) is 10.9. The van der Waals surface area contributed by atoms with E-state index in [4.69, 9.17) is 4.74 Å². The normalized spacial score (nSPS) is 15.0. The van der Waals surface area contributed by atoms with Crippen molar-refractivity contribution < 1.29 is 27.5 Å². The molecule has 1 aliphatic heterocycles. The van der Waals surface area contributed by atoms with Crippen LogP contribution in [0.3, 0.4) is 0 Å². The fourth-order valence-corrected chi connectivity index (χ4v) is 5.49. The molecule has 1 aliphatic rings. The number of hydrogen-bond donors (Lipinski definition) is 1. The maximum atomic E-state index is 13.2. The number of carbonyl (C=O) groups excluding carboxylic acids is 3. The number of amides is 3. The third-order valence-corrected chi connectivity index (χ3v) is 7.61. The summed E-state index contributed by atoms with van der Waals surface area (Å²) in [5.74, 6) is -0.508. The number of rotatable bonds is 10. The summed E-state index contributed by atoms with van der Waals surface area (Å²) in [6.07, 6.45) is 0.112. The maximum Gasteiger partial charge on any atom is 0.269 e. The van der Waals surface area contributed by atoms with E-state index in [1.807, 2.05) is 26.0 Å². The number of methoxy groups -OCH3 is 1. The van der Waals surface area contributed by atoms with Gasteiger partial charge < -0.3 is 15.0 Å². The van der Waals surface area contributed by atoms with Gasteiger partial charge >= 0.3 is 0 Å². The molecule has 1 unspecified atom stereocenters. The van der Waals surface area contributed by atoms with Gasteiger partial charge in [-0.3, -0.25) is 14.4 Å². The molecule has 0 aliphatic carbocycles. The Labute approximate surface area is 206 Å². The van der Waals surface area contributed by atoms with Gasteiger partial charge in [0.15, 0.2) is 0 Å². The minimum atomic E-state index is -3.93. The topological polar surface area (TPSA) is 113 Å². The Balaban J connectivity index is 1.71. The third-order valence-electron chi connectivity index (χ3n) is 5.77. The van der Waals surface area contributed by atoms with E-state index in [1.165, 1.54) is 17.0 Å². The van der Waals surface area contributed by atoms with Gasteiger partial charge in [0.05, 0.1) is 12.7 Å². The summed E-state index contributed by atoms with van der Waals surface area (Å²) in [6, 6.07) is 12.4. The van der Waals surface area contributed by atoms with Crippen molar-refractivity contribution >= 4 is 27.7 Å². The van der Waals surface area contributed by atoms with Crippen LogP contribution in [0.5, 0.6) is 5.75 Å². The highest BCUT2D eigenvalue weighted by Crippen LogP contribution is 2.30. The third kappa shape index (κ3) is 5.82. The Bertz CT molecular complexity index is 1190. The molecule has 0 radical (unpaired) electrons. The highest BCUT2D eigenvalue weighted by atomic mass is 32.2. The lowest BCUT2D eigenvalue weighted by Crippen LogP contribution is -2.49. The Morgan fingerprint density at radius 2 is 1.71 bits per heavy atom. The minimum Gasteiger partial charge on any atom is -0.497 e. The van der Waals surface area contributed by atoms with E-state index in [0.29, 0.717) is 5.75 Å². The molecule has 35 heavy (non-hydrogen) atoms. The van der Waals surface area contributed by atoms with E-state index in [2.05, 4.69) is 5.32 Å². The first-order valence-corrected chi connectivity index (χ1v) is 12.9. The number of fused-ring (bicyclic) bond motifs is 1. The fraction of sp³-hybridized carbons (Fsp3) is 0.400. The SMILES string of the molecule is COc1ccc(CN(C(=O)CCCN2C(=O)c3ccccc3S2(=O)=O)C(C)C(=O)NC(C)C)cc1. The van der Waals surface area contributed by atoms with Crippen LogP contribution in [-0.2, 0) is 26.2 Å². The van der Waals surface area contributed by atoms with Gasteiger partial charge in [-0.15, -0.1) is 0 Å². The van der Waals surface area contributed by atoms with Crippen molar-refractivity contribution in [1.29, 1.82) is 0 Å². The lowest BCUT2D eigenvalue weighted by atomic mass is 10.1. The van der Waals surface area contributed by atoms with Gasteiger partial charge in [-0.1, -0.05) is 24.3 Å². The summed E-state index contributed by atoms with van der Waals surface area (Å²) in [4.78, 5) is 39.9. The average molecular weight is 502 g/mol. The number of carbonyl (C=O) groups is 3. The molecule has 9 nitrogen and oxygen atoms in total. The second-order valence-electron chi connectivity index (χ2n) is 8.69. The largest absolute Gasteiger partial charge is 0.497 e. The fourth-order valence-electron chi connectivity index (χ4n) is 3.89. The lowest BCUT2D eigenvalue weighted by Gasteiger charge is -2.29. The molecule has 0 aromatic heterocycles. The van der Waals surface area contributed by atoms with Gasteiger partial charge in [-0.2, -0.15) is 0 Å². The van der Waals surface area contributed by atoms with Crippen molar-refractivity contribution in [2.75, 3.05) is 13.7 Å². The van der Waals surface area contributed by atoms with Crippen molar-refractivity contribution in [3.05, 3.63) is 59.7 Å². The average Bonchev–Trinajstić information content (AvgIpc) is 3.02. The first-order valence-electron chi connectivity index (χ1n) is 11.4. The molecule has 2 aromatic carbocycles.